The van der Waals surface area contributed by atoms with Crippen LogP contribution < -0.4 is 0 Å². The highest BCUT2D eigenvalue weighted by molar-refractivity contribution is 7.91. The average molecular weight is 283 g/mol. The van der Waals surface area contributed by atoms with Crippen molar-refractivity contribution in [2.45, 2.75) is 24.5 Å². The molecule has 2 atom stereocenters. The van der Waals surface area contributed by atoms with Gasteiger partial charge in [0.25, 0.3) is 0 Å². The molecule has 1 rings (SSSR count). The molecule has 0 amide bonds. The quantitative estimate of drug-likeness (QED) is 0.799. The summed E-state index contributed by atoms with van der Waals surface area (Å²) in [5, 5.41) is -1.98. The predicted molar refractivity (Wildman–Crippen MR) is 64.0 cm³/mol. The molecule has 0 aliphatic rings. The van der Waals surface area contributed by atoms with E-state index in [0.29, 0.717) is 0 Å². The molecule has 0 heterocycles. The molecule has 6 heteroatoms. The molecule has 0 saturated heterocycles. The highest BCUT2D eigenvalue weighted by atomic mass is 35.5. The lowest BCUT2D eigenvalue weighted by Crippen LogP contribution is -2.22. The average Bonchev–Trinajstić information content (AvgIpc) is 2.20. The molecular weight excluding hydrogens is 270 g/mol. The van der Waals surface area contributed by atoms with Crippen molar-refractivity contribution in [1.29, 1.82) is 0 Å². The zero-order valence-corrected chi connectivity index (χ0v) is 11.2. The van der Waals surface area contributed by atoms with E-state index >= 15 is 0 Å². The third-order valence-corrected chi connectivity index (χ3v) is 5.05. The standard InChI is InChI=1S/C11H13ClF2O2S/c1-6-4-8(10(14)5-9(6)13)11(12)7(2)17(3,15)16/h4-5,7,11H,1-3H3. The summed E-state index contributed by atoms with van der Waals surface area (Å²) in [4.78, 5) is 0. The molecule has 96 valence electrons. The SMILES string of the molecule is Cc1cc(C(Cl)C(C)S(C)(=O)=O)c(F)cc1F. The summed E-state index contributed by atoms with van der Waals surface area (Å²) in [5.41, 5.74) is 0.233. The summed E-state index contributed by atoms with van der Waals surface area (Å²) in [7, 11) is -3.38. The minimum Gasteiger partial charge on any atom is -0.229 e. The van der Waals surface area contributed by atoms with Gasteiger partial charge in [0.1, 0.15) is 11.6 Å². The molecule has 2 unspecified atom stereocenters. The minimum absolute atomic E-state index is 0.00323. The second-order valence-corrected chi connectivity index (χ2v) is 6.93. The second-order valence-electron chi connectivity index (χ2n) is 4.06. The molecule has 0 saturated carbocycles. The summed E-state index contributed by atoms with van der Waals surface area (Å²) in [5.74, 6) is -1.51. The van der Waals surface area contributed by atoms with Gasteiger partial charge in [-0.15, -0.1) is 11.6 Å². The highest BCUT2D eigenvalue weighted by Gasteiger charge is 2.28. The van der Waals surface area contributed by atoms with Gasteiger partial charge < -0.3 is 0 Å². The van der Waals surface area contributed by atoms with E-state index in [1.807, 2.05) is 0 Å². The Bertz CT molecular complexity index is 529. The van der Waals surface area contributed by atoms with Crippen molar-refractivity contribution in [2.75, 3.05) is 6.26 Å². The summed E-state index contributed by atoms with van der Waals surface area (Å²) in [6.45, 7) is 2.86. The number of halogens is 3. The van der Waals surface area contributed by atoms with Crippen LogP contribution in [-0.4, -0.2) is 19.9 Å². The monoisotopic (exact) mass is 282 g/mol. The lowest BCUT2D eigenvalue weighted by Gasteiger charge is -2.17. The van der Waals surface area contributed by atoms with Crippen molar-refractivity contribution in [2.24, 2.45) is 0 Å². The van der Waals surface area contributed by atoms with Crippen molar-refractivity contribution in [3.05, 3.63) is 34.9 Å². The molecule has 0 aromatic heterocycles. The maximum atomic E-state index is 13.5. The van der Waals surface area contributed by atoms with E-state index < -0.39 is 32.1 Å². The molecule has 0 aliphatic carbocycles. The molecule has 1 aromatic carbocycles. The third kappa shape index (κ3) is 3.16. The van der Waals surface area contributed by atoms with Gasteiger partial charge in [0.05, 0.1) is 10.6 Å². The van der Waals surface area contributed by atoms with Gasteiger partial charge >= 0.3 is 0 Å². The van der Waals surface area contributed by atoms with E-state index in [0.717, 1.165) is 12.3 Å². The Morgan fingerprint density at radius 3 is 2.24 bits per heavy atom. The number of sulfone groups is 1. The first-order valence-electron chi connectivity index (χ1n) is 4.93. The fourth-order valence-corrected chi connectivity index (χ4v) is 2.67. The van der Waals surface area contributed by atoms with Crippen LogP contribution in [0.1, 0.15) is 23.4 Å². The molecule has 1 aromatic rings. The van der Waals surface area contributed by atoms with E-state index in [9.17, 15) is 17.2 Å². The molecule has 0 N–H and O–H groups in total. The summed E-state index contributed by atoms with van der Waals surface area (Å²) in [6, 6.07) is 1.96. The summed E-state index contributed by atoms with van der Waals surface area (Å²) < 4.78 is 49.2. The lowest BCUT2D eigenvalue weighted by atomic mass is 10.1. The van der Waals surface area contributed by atoms with Gasteiger partial charge in [-0.25, -0.2) is 17.2 Å². The van der Waals surface area contributed by atoms with Crippen molar-refractivity contribution in [3.8, 4) is 0 Å². The molecular formula is C11H13ClF2O2S. The first kappa shape index (κ1) is 14.4. The number of benzene rings is 1. The van der Waals surface area contributed by atoms with E-state index in [1.54, 1.807) is 0 Å². The normalized spacial score (nSPS) is 15.6. The topological polar surface area (TPSA) is 34.1 Å². The Labute approximate surface area is 105 Å². The van der Waals surface area contributed by atoms with Crippen LogP contribution in [0, 0.1) is 18.6 Å². The van der Waals surface area contributed by atoms with Crippen LogP contribution in [0.5, 0.6) is 0 Å². The first-order chi connectivity index (χ1) is 7.64. The van der Waals surface area contributed by atoms with Gasteiger partial charge in [0, 0.05) is 17.9 Å². The van der Waals surface area contributed by atoms with Crippen LogP contribution in [-0.2, 0) is 9.84 Å². The lowest BCUT2D eigenvalue weighted by molar-refractivity contribution is 0.558. The van der Waals surface area contributed by atoms with E-state index in [2.05, 4.69) is 0 Å². The van der Waals surface area contributed by atoms with Crippen molar-refractivity contribution in [1.82, 2.24) is 0 Å². The van der Waals surface area contributed by atoms with E-state index in [-0.39, 0.29) is 11.1 Å². The molecule has 2 nitrogen and oxygen atoms in total. The van der Waals surface area contributed by atoms with Crippen molar-refractivity contribution in [3.63, 3.8) is 0 Å². The molecule has 0 fully saturated rings. The van der Waals surface area contributed by atoms with Crippen LogP contribution in [0.4, 0.5) is 8.78 Å². The highest BCUT2D eigenvalue weighted by Crippen LogP contribution is 2.31. The van der Waals surface area contributed by atoms with Crippen LogP contribution in [0.25, 0.3) is 0 Å². The number of rotatable bonds is 3. The van der Waals surface area contributed by atoms with E-state index in [4.69, 9.17) is 11.6 Å². The zero-order chi connectivity index (χ0) is 13.4. The van der Waals surface area contributed by atoms with Crippen molar-refractivity contribution < 1.29 is 17.2 Å². The van der Waals surface area contributed by atoms with Gasteiger partial charge in [0.2, 0.25) is 0 Å². The van der Waals surface area contributed by atoms with Gasteiger partial charge in [0.15, 0.2) is 9.84 Å². The predicted octanol–water partition coefficient (Wildman–Crippen LogP) is 2.99. The third-order valence-electron chi connectivity index (χ3n) is 2.66. The molecule has 0 radical (unpaired) electrons. The van der Waals surface area contributed by atoms with Crippen molar-refractivity contribution >= 4 is 21.4 Å². The number of hydrogen-bond donors (Lipinski definition) is 0. The fraction of sp³-hybridized carbons (Fsp3) is 0.455. The van der Waals surface area contributed by atoms with E-state index in [1.165, 1.54) is 19.9 Å². The van der Waals surface area contributed by atoms with Crippen LogP contribution in [0.2, 0.25) is 0 Å². The molecule has 17 heavy (non-hydrogen) atoms. The Balaban J connectivity index is 3.22. The fourth-order valence-electron chi connectivity index (χ4n) is 1.36. The maximum Gasteiger partial charge on any atom is 0.151 e. The molecule has 0 bridgehead atoms. The first-order valence-corrected chi connectivity index (χ1v) is 7.32. The number of hydrogen-bond acceptors (Lipinski definition) is 2. The van der Waals surface area contributed by atoms with Crippen LogP contribution >= 0.6 is 11.6 Å². The molecule has 0 aliphatic heterocycles. The maximum absolute atomic E-state index is 13.5. The summed E-state index contributed by atoms with van der Waals surface area (Å²) >= 11 is 5.93. The molecule has 0 spiro atoms. The summed E-state index contributed by atoms with van der Waals surface area (Å²) in [6.07, 6.45) is 1.03. The minimum atomic E-state index is -3.38. The van der Waals surface area contributed by atoms with Crippen LogP contribution in [0.3, 0.4) is 0 Å². The second kappa shape index (κ2) is 4.90. The van der Waals surface area contributed by atoms with Gasteiger partial charge in [-0.1, -0.05) is 0 Å². The van der Waals surface area contributed by atoms with Gasteiger partial charge in [-0.3, -0.25) is 0 Å². The van der Waals surface area contributed by atoms with Gasteiger partial charge in [-0.2, -0.15) is 0 Å². The Kier molecular flexibility index (Phi) is 4.15. The Morgan fingerprint density at radius 1 is 1.24 bits per heavy atom. The smallest absolute Gasteiger partial charge is 0.151 e. The van der Waals surface area contributed by atoms with Crippen LogP contribution in [0.15, 0.2) is 12.1 Å². The largest absolute Gasteiger partial charge is 0.229 e. The number of alkyl halides is 1. The van der Waals surface area contributed by atoms with Gasteiger partial charge in [-0.05, 0) is 25.5 Å². The Morgan fingerprint density at radius 2 is 1.76 bits per heavy atom. The number of aryl methyl sites for hydroxylation is 1. The zero-order valence-electron chi connectivity index (χ0n) is 9.67. The Hall–Kier alpha value is -0.680.